The first kappa shape index (κ1) is 16.0. The van der Waals surface area contributed by atoms with Crippen molar-refractivity contribution in [2.45, 2.75) is 24.5 Å². The summed E-state index contributed by atoms with van der Waals surface area (Å²) in [5, 5.41) is 2.67. The van der Waals surface area contributed by atoms with Gasteiger partial charge in [0.25, 0.3) is 0 Å². The first-order valence-electron chi connectivity index (χ1n) is 7.82. The lowest BCUT2D eigenvalue weighted by Crippen LogP contribution is -2.42. The normalized spacial score (nSPS) is 19.3. The predicted octanol–water partition coefficient (Wildman–Crippen LogP) is 2.47. The zero-order valence-electron chi connectivity index (χ0n) is 13.1. The molecular formula is C17H21N3O2S. The average molecular weight is 331 g/mol. The highest BCUT2D eigenvalue weighted by Crippen LogP contribution is 2.38. The standard InChI is InChI=1S/C17H21N3O2S/c1-18-11-6-8-15-13-14-7-2-3-9-16(14)20(23(15,21)22)17-10-4-5-12-19-17/h2-5,7,9-10,12,15,18H,6,8,11,13H2,1H3. The van der Waals surface area contributed by atoms with Gasteiger partial charge in [-0.3, -0.25) is 0 Å². The molecule has 1 aliphatic rings. The molecule has 0 spiro atoms. The van der Waals surface area contributed by atoms with Gasteiger partial charge >= 0.3 is 0 Å². The van der Waals surface area contributed by atoms with Gasteiger partial charge in [0.15, 0.2) is 0 Å². The summed E-state index contributed by atoms with van der Waals surface area (Å²) in [7, 11) is -1.59. The minimum absolute atomic E-state index is 0.409. The van der Waals surface area contributed by atoms with Gasteiger partial charge in [0, 0.05) is 6.20 Å². The van der Waals surface area contributed by atoms with E-state index in [4.69, 9.17) is 0 Å². The number of nitrogens with zero attached hydrogens (tertiary/aromatic N) is 2. The van der Waals surface area contributed by atoms with E-state index in [1.165, 1.54) is 4.31 Å². The van der Waals surface area contributed by atoms with Crippen LogP contribution in [0.1, 0.15) is 18.4 Å². The first-order chi connectivity index (χ1) is 11.1. The zero-order valence-corrected chi connectivity index (χ0v) is 14.0. The van der Waals surface area contributed by atoms with Crippen molar-refractivity contribution >= 4 is 21.5 Å². The Kier molecular flexibility index (Phi) is 4.63. The minimum Gasteiger partial charge on any atom is -0.320 e. The van der Waals surface area contributed by atoms with Gasteiger partial charge in [0.05, 0.1) is 10.9 Å². The molecule has 6 heteroatoms. The summed E-state index contributed by atoms with van der Waals surface area (Å²) in [6.45, 7) is 0.817. The summed E-state index contributed by atoms with van der Waals surface area (Å²) in [6.07, 6.45) is 3.66. The molecule has 1 N–H and O–H groups in total. The highest BCUT2D eigenvalue weighted by molar-refractivity contribution is 7.93. The molecule has 1 unspecified atom stereocenters. The second-order valence-corrected chi connectivity index (χ2v) is 7.76. The molecule has 0 radical (unpaired) electrons. The van der Waals surface area contributed by atoms with Crippen molar-refractivity contribution in [1.29, 1.82) is 0 Å². The summed E-state index contributed by atoms with van der Waals surface area (Å²) in [6, 6.07) is 13.0. The predicted molar refractivity (Wildman–Crippen MR) is 92.4 cm³/mol. The summed E-state index contributed by atoms with van der Waals surface area (Å²) in [5.41, 5.74) is 1.78. The summed E-state index contributed by atoms with van der Waals surface area (Å²) in [4.78, 5) is 4.26. The average Bonchev–Trinajstić information content (AvgIpc) is 2.56. The molecular weight excluding hydrogens is 310 g/mol. The molecule has 0 saturated heterocycles. The van der Waals surface area contributed by atoms with Crippen LogP contribution in [0.4, 0.5) is 11.5 Å². The number of anilines is 2. The van der Waals surface area contributed by atoms with E-state index in [0.29, 0.717) is 18.7 Å². The fraction of sp³-hybridized carbons (Fsp3) is 0.353. The number of hydrogen-bond acceptors (Lipinski definition) is 4. The second-order valence-electron chi connectivity index (χ2n) is 5.70. The lowest BCUT2D eigenvalue weighted by atomic mass is 10.0. The molecule has 1 aromatic heterocycles. The quantitative estimate of drug-likeness (QED) is 0.855. The molecule has 0 aliphatic carbocycles. The molecule has 3 rings (SSSR count). The first-order valence-corrected chi connectivity index (χ1v) is 9.32. The number of rotatable bonds is 5. The van der Waals surface area contributed by atoms with Gasteiger partial charge in [0.1, 0.15) is 5.82 Å². The number of fused-ring (bicyclic) bond motifs is 1. The van der Waals surface area contributed by atoms with Crippen LogP contribution in [0.25, 0.3) is 0 Å². The Labute approximate surface area is 137 Å². The van der Waals surface area contributed by atoms with Crippen molar-refractivity contribution in [1.82, 2.24) is 10.3 Å². The monoisotopic (exact) mass is 331 g/mol. The molecule has 2 aromatic rings. The molecule has 1 aliphatic heterocycles. The van der Waals surface area contributed by atoms with Crippen molar-refractivity contribution in [2.75, 3.05) is 17.9 Å². The number of hydrogen-bond donors (Lipinski definition) is 1. The lowest BCUT2D eigenvalue weighted by Gasteiger charge is -2.34. The number of pyridine rings is 1. The third kappa shape index (κ3) is 3.09. The third-order valence-corrected chi connectivity index (χ3v) is 6.28. The van der Waals surface area contributed by atoms with Crippen molar-refractivity contribution in [3.05, 3.63) is 54.2 Å². The van der Waals surface area contributed by atoms with Crippen LogP contribution in [0.3, 0.4) is 0 Å². The fourth-order valence-corrected chi connectivity index (χ4v) is 4.98. The SMILES string of the molecule is CNCCCC1Cc2ccccc2N(c2ccccn2)S1(=O)=O. The third-order valence-electron chi connectivity index (χ3n) is 4.14. The molecule has 1 aromatic carbocycles. The second kappa shape index (κ2) is 6.68. The van der Waals surface area contributed by atoms with Crippen molar-refractivity contribution in [3.63, 3.8) is 0 Å². The maximum Gasteiger partial charge on any atom is 0.243 e. The van der Waals surface area contributed by atoms with E-state index in [9.17, 15) is 8.42 Å². The fourth-order valence-electron chi connectivity index (χ4n) is 3.00. The van der Waals surface area contributed by atoms with Gasteiger partial charge in [-0.1, -0.05) is 24.3 Å². The number of para-hydroxylation sites is 1. The van der Waals surface area contributed by atoms with Crippen LogP contribution >= 0.6 is 0 Å². The zero-order chi connectivity index (χ0) is 16.3. The van der Waals surface area contributed by atoms with E-state index < -0.39 is 15.3 Å². The van der Waals surface area contributed by atoms with Crippen molar-refractivity contribution in [2.24, 2.45) is 0 Å². The lowest BCUT2D eigenvalue weighted by molar-refractivity contribution is 0.554. The van der Waals surface area contributed by atoms with Crippen LogP contribution in [0.5, 0.6) is 0 Å². The van der Waals surface area contributed by atoms with E-state index in [0.717, 1.165) is 24.2 Å². The van der Waals surface area contributed by atoms with Gasteiger partial charge in [-0.15, -0.1) is 0 Å². The smallest absolute Gasteiger partial charge is 0.243 e. The minimum atomic E-state index is -3.47. The molecule has 1 atom stereocenters. The summed E-state index contributed by atoms with van der Waals surface area (Å²) >= 11 is 0. The Bertz CT molecular complexity index is 762. The van der Waals surface area contributed by atoms with Crippen LogP contribution in [0, 0.1) is 0 Å². The molecule has 122 valence electrons. The van der Waals surface area contributed by atoms with Crippen LogP contribution in [0.2, 0.25) is 0 Å². The summed E-state index contributed by atoms with van der Waals surface area (Å²) in [5.74, 6) is 0.457. The topological polar surface area (TPSA) is 62.3 Å². The largest absolute Gasteiger partial charge is 0.320 e. The van der Waals surface area contributed by atoms with Crippen molar-refractivity contribution in [3.8, 4) is 0 Å². The van der Waals surface area contributed by atoms with Gasteiger partial charge in [-0.05, 0) is 56.6 Å². The molecule has 5 nitrogen and oxygen atoms in total. The molecule has 2 heterocycles. The van der Waals surface area contributed by atoms with E-state index >= 15 is 0 Å². The molecule has 0 amide bonds. The number of sulfonamides is 1. The maximum absolute atomic E-state index is 13.1. The number of nitrogens with one attached hydrogen (secondary N) is 1. The van der Waals surface area contributed by atoms with E-state index in [1.807, 2.05) is 37.4 Å². The van der Waals surface area contributed by atoms with Crippen LogP contribution < -0.4 is 9.62 Å². The highest BCUT2D eigenvalue weighted by atomic mass is 32.2. The van der Waals surface area contributed by atoms with Gasteiger partial charge in [-0.25, -0.2) is 17.7 Å². The molecule has 0 saturated carbocycles. The Hall–Kier alpha value is -1.92. The van der Waals surface area contributed by atoms with E-state index in [2.05, 4.69) is 10.3 Å². The Balaban J connectivity index is 2.04. The Morgan fingerprint density at radius 3 is 2.74 bits per heavy atom. The Morgan fingerprint density at radius 1 is 1.22 bits per heavy atom. The number of benzene rings is 1. The van der Waals surface area contributed by atoms with Crippen LogP contribution in [-0.4, -0.2) is 32.2 Å². The van der Waals surface area contributed by atoms with E-state index in [-0.39, 0.29) is 0 Å². The van der Waals surface area contributed by atoms with E-state index in [1.54, 1.807) is 18.3 Å². The highest BCUT2D eigenvalue weighted by Gasteiger charge is 2.39. The molecule has 0 fully saturated rings. The maximum atomic E-state index is 13.1. The van der Waals surface area contributed by atoms with Crippen LogP contribution in [0.15, 0.2) is 48.7 Å². The number of aromatic nitrogens is 1. The van der Waals surface area contributed by atoms with Crippen LogP contribution in [-0.2, 0) is 16.4 Å². The van der Waals surface area contributed by atoms with Gasteiger partial charge < -0.3 is 5.32 Å². The summed E-state index contributed by atoms with van der Waals surface area (Å²) < 4.78 is 27.7. The van der Waals surface area contributed by atoms with Crippen molar-refractivity contribution < 1.29 is 8.42 Å². The van der Waals surface area contributed by atoms with Gasteiger partial charge in [0.2, 0.25) is 10.0 Å². The molecule has 23 heavy (non-hydrogen) atoms. The molecule has 0 bridgehead atoms. The van der Waals surface area contributed by atoms with Gasteiger partial charge in [-0.2, -0.15) is 0 Å². The Morgan fingerprint density at radius 2 is 2.00 bits per heavy atom.